The van der Waals surface area contributed by atoms with Gasteiger partial charge in [0.25, 0.3) is 0 Å². The zero-order chi connectivity index (χ0) is 22.3. The Morgan fingerprint density at radius 3 is 2.71 bits per heavy atom. The first-order valence-electron chi connectivity index (χ1n) is 10.2. The van der Waals surface area contributed by atoms with E-state index in [1.54, 1.807) is 13.1 Å². The molecule has 0 bridgehead atoms. The summed E-state index contributed by atoms with van der Waals surface area (Å²) in [4.78, 5) is 10.5. The SMILES string of the molecule is CN=C(NCc1ccnc(OCC(F)(F)F)c1)NC1CC(C)N(Cc2ccccc2)C1. The molecule has 31 heavy (non-hydrogen) atoms. The Morgan fingerprint density at radius 2 is 2.00 bits per heavy atom. The van der Waals surface area contributed by atoms with Crippen LogP contribution in [0.3, 0.4) is 0 Å². The Labute approximate surface area is 180 Å². The summed E-state index contributed by atoms with van der Waals surface area (Å²) in [5, 5.41) is 6.65. The number of halogens is 3. The molecule has 1 fully saturated rings. The van der Waals surface area contributed by atoms with Gasteiger partial charge in [0.05, 0.1) is 0 Å². The lowest BCUT2D eigenvalue weighted by Crippen LogP contribution is -2.44. The van der Waals surface area contributed by atoms with Gasteiger partial charge in [0.15, 0.2) is 12.6 Å². The number of nitrogens with zero attached hydrogens (tertiary/aromatic N) is 3. The van der Waals surface area contributed by atoms with E-state index in [0.29, 0.717) is 18.5 Å². The van der Waals surface area contributed by atoms with Crippen molar-refractivity contribution in [2.75, 3.05) is 20.2 Å². The lowest BCUT2D eigenvalue weighted by molar-refractivity contribution is -0.154. The van der Waals surface area contributed by atoms with E-state index < -0.39 is 12.8 Å². The van der Waals surface area contributed by atoms with Crippen molar-refractivity contribution in [3.8, 4) is 5.88 Å². The summed E-state index contributed by atoms with van der Waals surface area (Å²) in [7, 11) is 1.69. The third kappa shape index (κ3) is 7.43. The minimum Gasteiger partial charge on any atom is -0.468 e. The molecule has 3 rings (SSSR count). The largest absolute Gasteiger partial charge is 0.468 e. The number of nitrogens with one attached hydrogen (secondary N) is 2. The molecule has 1 saturated heterocycles. The average molecular weight is 435 g/mol. The molecule has 0 saturated carbocycles. The van der Waals surface area contributed by atoms with Crippen molar-refractivity contribution in [2.24, 2.45) is 4.99 Å². The maximum absolute atomic E-state index is 12.3. The molecule has 1 aliphatic rings. The number of rotatable bonds is 7. The van der Waals surface area contributed by atoms with Crippen molar-refractivity contribution in [2.45, 2.75) is 44.7 Å². The van der Waals surface area contributed by atoms with Gasteiger partial charge in [0.2, 0.25) is 5.88 Å². The van der Waals surface area contributed by atoms with Crippen LogP contribution in [0.5, 0.6) is 5.88 Å². The van der Waals surface area contributed by atoms with E-state index in [0.717, 1.165) is 25.1 Å². The van der Waals surface area contributed by atoms with Crippen molar-refractivity contribution in [3.63, 3.8) is 0 Å². The first-order valence-corrected chi connectivity index (χ1v) is 10.2. The molecule has 168 valence electrons. The molecule has 1 aliphatic heterocycles. The molecule has 2 heterocycles. The summed E-state index contributed by atoms with van der Waals surface area (Å²) >= 11 is 0. The smallest absolute Gasteiger partial charge is 0.422 e. The molecular weight excluding hydrogens is 407 g/mol. The summed E-state index contributed by atoms with van der Waals surface area (Å²) in [6.45, 7) is 3.06. The molecule has 0 radical (unpaired) electrons. The van der Waals surface area contributed by atoms with Gasteiger partial charge in [-0.1, -0.05) is 30.3 Å². The van der Waals surface area contributed by atoms with Crippen LogP contribution in [0.4, 0.5) is 13.2 Å². The molecule has 2 atom stereocenters. The maximum atomic E-state index is 12.3. The highest BCUT2D eigenvalue weighted by Gasteiger charge is 2.30. The number of aliphatic imine (C=N–C) groups is 1. The van der Waals surface area contributed by atoms with Crippen LogP contribution in [0.15, 0.2) is 53.7 Å². The number of benzene rings is 1. The highest BCUT2D eigenvalue weighted by molar-refractivity contribution is 5.80. The van der Waals surface area contributed by atoms with Crippen LogP contribution in [-0.4, -0.2) is 54.3 Å². The summed E-state index contributed by atoms with van der Waals surface area (Å²) in [5.41, 5.74) is 2.04. The van der Waals surface area contributed by atoms with E-state index in [1.807, 2.05) is 6.07 Å². The molecule has 2 unspecified atom stereocenters. The predicted octanol–water partition coefficient (Wildman–Crippen LogP) is 3.35. The van der Waals surface area contributed by atoms with Crippen LogP contribution >= 0.6 is 0 Å². The Hall–Kier alpha value is -2.81. The number of alkyl halides is 3. The van der Waals surface area contributed by atoms with Crippen molar-refractivity contribution < 1.29 is 17.9 Å². The van der Waals surface area contributed by atoms with Crippen LogP contribution in [0.2, 0.25) is 0 Å². The number of hydrogen-bond donors (Lipinski definition) is 2. The topological polar surface area (TPSA) is 61.8 Å². The fourth-order valence-corrected chi connectivity index (χ4v) is 3.61. The van der Waals surface area contributed by atoms with Gasteiger partial charge in [-0.3, -0.25) is 9.89 Å². The maximum Gasteiger partial charge on any atom is 0.422 e. The van der Waals surface area contributed by atoms with Crippen LogP contribution in [0.1, 0.15) is 24.5 Å². The summed E-state index contributed by atoms with van der Waals surface area (Å²) in [6.07, 6.45) is -1.97. The fourth-order valence-electron chi connectivity index (χ4n) is 3.61. The molecule has 6 nitrogen and oxygen atoms in total. The Morgan fingerprint density at radius 1 is 1.23 bits per heavy atom. The van der Waals surface area contributed by atoms with Gasteiger partial charge in [0.1, 0.15) is 0 Å². The molecule has 0 aliphatic carbocycles. The number of likely N-dealkylation sites (tertiary alicyclic amines) is 1. The second kappa shape index (κ2) is 10.5. The van der Waals surface area contributed by atoms with Gasteiger partial charge in [-0.05, 0) is 30.5 Å². The second-order valence-electron chi connectivity index (χ2n) is 7.67. The fraction of sp³-hybridized carbons (Fsp3) is 0.455. The number of pyridine rings is 1. The van der Waals surface area contributed by atoms with Gasteiger partial charge in [-0.15, -0.1) is 0 Å². The number of guanidine groups is 1. The summed E-state index contributed by atoms with van der Waals surface area (Å²) in [5.74, 6) is 0.592. The van der Waals surface area contributed by atoms with Crippen LogP contribution in [0.25, 0.3) is 0 Å². The van der Waals surface area contributed by atoms with E-state index in [4.69, 9.17) is 4.74 Å². The zero-order valence-electron chi connectivity index (χ0n) is 17.7. The van der Waals surface area contributed by atoms with Gasteiger partial charge >= 0.3 is 6.18 Å². The Bertz CT molecular complexity index is 860. The molecule has 2 N–H and O–H groups in total. The van der Waals surface area contributed by atoms with E-state index in [1.165, 1.54) is 17.8 Å². The third-order valence-corrected chi connectivity index (χ3v) is 5.14. The van der Waals surface area contributed by atoms with E-state index in [-0.39, 0.29) is 11.9 Å². The van der Waals surface area contributed by atoms with Crippen molar-refractivity contribution >= 4 is 5.96 Å². The standard InChI is InChI=1S/C22H28F3N5O/c1-16-10-19(14-30(16)13-17-6-4-3-5-7-17)29-21(26-2)28-12-18-8-9-27-20(11-18)31-15-22(23,24)25/h3-9,11,16,19H,10,12-15H2,1-2H3,(H2,26,28,29). The van der Waals surface area contributed by atoms with Crippen molar-refractivity contribution in [3.05, 3.63) is 59.8 Å². The lowest BCUT2D eigenvalue weighted by Gasteiger charge is -2.21. The molecule has 2 aromatic rings. The molecule has 1 aromatic heterocycles. The van der Waals surface area contributed by atoms with Gasteiger partial charge in [-0.25, -0.2) is 4.98 Å². The minimum absolute atomic E-state index is 0.0549. The van der Waals surface area contributed by atoms with Gasteiger partial charge < -0.3 is 15.4 Å². The van der Waals surface area contributed by atoms with Crippen molar-refractivity contribution in [1.29, 1.82) is 0 Å². The zero-order valence-corrected chi connectivity index (χ0v) is 17.7. The highest BCUT2D eigenvalue weighted by Crippen LogP contribution is 2.20. The average Bonchev–Trinajstić information content (AvgIpc) is 3.09. The van der Waals surface area contributed by atoms with Crippen LogP contribution < -0.4 is 15.4 Å². The quantitative estimate of drug-likeness (QED) is 0.516. The normalized spacial score (nSPS) is 20.0. The van der Waals surface area contributed by atoms with Gasteiger partial charge in [-0.2, -0.15) is 13.2 Å². The third-order valence-electron chi connectivity index (χ3n) is 5.14. The van der Waals surface area contributed by atoms with E-state index in [2.05, 4.69) is 56.7 Å². The van der Waals surface area contributed by atoms with E-state index >= 15 is 0 Å². The van der Waals surface area contributed by atoms with Crippen LogP contribution in [-0.2, 0) is 13.1 Å². The molecule has 1 aromatic carbocycles. The molecule has 0 spiro atoms. The predicted molar refractivity (Wildman–Crippen MR) is 114 cm³/mol. The molecule has 9 heteroatoms. The summed E-state index contributed by atoms with van der Waals surface area (Å²) in [6, 6.07) is 14.3. The van der Waals surface area contributed by atoms with E-state index in [9.17, 15) is 13.2 Å². The second-order valence-corrected chi connectivity index (χ2v) is 7.67. The number of aromatic nitrogens is 1. The monoisotopic (exact) mass is 435 g/mol. The van der Waals surface area contributed by atoms with Crippen molar-refractivity contribution in [1.82, 2.24) is 20.5 Å². The first kappa shape index (κ1) is 22.9. The Balaban J connectivity index is 1.49. The minimum atomic E-state index is -4.39. The molecular formula is C22H28F3N5O. The van der Waals surface area contributed by atoms with Crippen LogP contribution in [0, 0.1) is 0 Å². The highest BCUT2D eigenvalue weighted by atomic mass is 19.4. The number of ether oxygens (including phenoxy) is 1. The lowest BCUT2D eigenvalue weighted by atomic mass is 10.2. The summed E-state index contributed by atoms with van der Waals surface area (Å²) < 4.78 is 41.7. The Kier molecular flexibility index (Phi) is 7.73. The number of hydrogen-bond acceptors (Lipinski definition) is 4. The van der Waals surface area contributed by atoms with Gasteiger partial charge in [0, 0.05) is 51.0 Å². The molecule has 0 amide bonds. The first-order chi connectivity index (χ1) is 14.8.